The highest BCUT2D eigenvalue weighted by molar-refractivity contribution is 5.97. The van der Waals surface area contributed by atoms with Gasteiger partial charge >= 0.3 is 5.97 Å². The summed E-state index contributed by atoms with van der Waals surface area (Å²) in [5.41, 5.74) is -0.490. The maximum absolute atomic E-state index is 13.4. The molecule has 96 valence electrons. The maximum Gasteiger partial charge on any atom is 0.326 e. The van der Waals surface area contributed by atoms with Gasteiger partial charge in [-0.3, -0.25) is 4.79 Å². The smallest absolute Gasteiger partial charge is 0.326 e. The molecule has 1 fully saturated rings. The molecule has 1 atom stereocenters. The number of carbonyl (C=O) groups excluding carboxylic acids is 1. The van der Waals surface area contributed by atoms with Gasteiger partial charge in [-0.15, -0.1) is 0 Å². The Hall–Kier alpha value is -2.05. The molecule has 1 aromatic heterocycles. The summed E-state index contributed by atoms with van der Waals surface area (Å²) >= 11 is 0. The van der Waals surface area contributed by atoms with Crippen molar-refractivity contribution in [1.29, 1.82) is 0 Å². The molecule has 1 N–H and O–H groups in total. The summed E-state index contributed by atoms with van der Waals surface area (Å²) in [6.07, 6.45) is 1.81. The third-order valence-corrected chi connectivity index (χ3v) is 2.88. The zero-order valence-electron chi connectivity index (χ0n) is 9.27. The monoisotopic (exact) mass is 256 g/mol. The number of amides is 1. The van der Waals surface area contributed by atoms with Crippen molar-refractivity contribution in [3.05, 3.63) is 29.6 Å². The molecule has 1 aliphatic heterocycles. The van der Waals surface area contributed by atoms with Gasteiger partial charge < -0.3 is 10.0 Å². The lowest BCUT2D eigenvalue weighted by Gasteiger charge is -2.21. The van der Waals surface area contributed by atoms with E-state index in [2.05, 4.69) is 4.98 Å². The lowest BCUT2D eigenvalue weighted by molar-refractivity contribution is -0.141. The van der Waals surface area contributed by atoms with Crippen LogP contribution in [0.2, 0.25) is 0 Å². The molecule has 0 aromatic carbocycles. The Morgan fingerprint density at radius 2 is 2.17 bits per heavy atom. The Balaban J connectivity index is 2.31. The molecule has 0 radical (unpaired) electrons. The number of nitrogens with zero attached hydrogens (tertiary/aromatic N) is 2. The summed E-state index contributed by atoms with van der Waals surface area (Å²) in [6, 6.07) is 0.0611. The number of carboxylic acids is 1. The number of hydrogen-bond acceptors (Lipinski definition) is 3. The Labute approximate surface area is 101 Å². The van der Waals surface area contributed by atoms with E-state index in [1.165, 1.54) is 0 Å². The first-order valence-corrected chi connectivity index (χ1v) is 5.36. The van der Waals surface area contributed by atoms with E-state index in [-0.39, 0.29) is 6.54 Å². The van der Waals surface area contributed by atoms with E-state index >= 15 is 0 Å². The highest BCUT2D eigenvalue weighted by Crippen LogP contribution is 2.21. The molecule has 0 saturated carbocycles. The van der Waals surface area contributed by atoms with Crippen molar-refractivity contribution in [3.63, 3.8) is 0 Å². The molecule has 1 aromatic rings. The minimum Gasteiger partial charge on any atom is -0.480 e. The van der Waals surface area contributed by atoms with Crippen LogP contribution in [0.25, 0.3) is 0 Å². The Kier molecular flexibility index (Phi) is 3.22. The molecule has 0 bridgehead atoms. The lowest BCUT2D eigenvalue weighted by Crippen LogP contribution is -2.40. The first kappa shape index (κ1) is 12.4. The highest BCUT2D eigenvalue weighted by Gasteiger charge is 2.35. The minimum atomic E-state index is -1.37. The second kappa shape index (κ2) is 4.67. The maximum atomic E-state index is 13.4. The third-order valence-electron chi connectivity index (χ3n) is 2.88. The summed E-state index contributed by atoms with van der Waals surface area (Å²) in [7, 11) is 0. The van der Waals surface area contributed by atoms with Gasteiger partial charge in [0.25, 0.3) is 5.91 Å². The SMILES string of the molecule is O=C(O)C1CCCN1C(=O)c1ccnc(F)c1F. The number of likely N-dealkylation sites (tertiary alicyclic amines) is 1. The molecule has 0 spiro atoms. The average Bonchev–Trinajstić information content (AvgIpc) is 2.81. The van der Waals surface area contributed by atoms with Gasteiger partial charge in [0.2, 0.25) is 5.95 Å². The van der Waals surface area contributed by atoms with E-state index in [0.717, 1.165) is 17.2 Å². The fourth-order valence-corrected chi connectivity index (χ4v) is 2.00. The normalized spacial score (nSPS) is 19.0. The van der Waals surface area contributed by atoms with E-state index in [1.54, 1.807) is 0 Å². The fourth-order valence-electron chi connectivity index (χ4n) is 2.00. The molecule has 2 rings (SSSR count). The largest absolute Gasteiger partial charge is 0.480 e. The van der Waals surface area contributed by atoms with Crippen molar-refractivity contribution in [2.24, 2.45) is 0 Å². The predicted molar refractivity (Wildman–Crippen MR) is 55.8 cm³/mol. The van der Waals surface area contributed by atoms with Crippen LogP contribution in [0.5, 0.6) is 0 Å². The number of rotatable bonds is 2. The van der Waals surface area contributed by atoms with Gasteiger partial charge in [-0.05, 0) is 18.9 Å². The average molecular weight is 256 g/mol. The fraction of sp³-hybridized carbons (Fsp3) is 0.364. The number of aliphatic carboxylic acids is 1. The van der Waals surface area contributed by atoms with Crippen molar-refractivity contribution in [3.8, 4) is 0 Å². The number of halogens is 2. The zero-order chi connectivity index (χ0) is 13.3. The van der Waals surface area contributed by atoms with Crippen LogP contribution in [-0.2, 0) is 4.79 Å². The van der Waals surface area contributed by atoms with E-state index in [0.29, 0.717) is 12.8 Å². The molecule has 1 amide bonds. The van der Waals surface area contributed by atoms with Crippen LogP contribution >= 0.6 is 0 Å². The van der Waals surface area contributed by atoms with Gasteiger partial charge in [0.15, 0.2) is 5.82 Å². The quantitative estimate of drug-likeness (QED) is 0.803. The van der Waals surface area contributed by atoms with Crippen LogP contribution in [0.15, 0.2) is 12.3 Å². The molecule has 1 aliphatic rings. The molecule has 1 saturated heterocycles. The molecule has 18 heavy (non-hydrogen) atoms. The predicted octanol–water partition coefficient (Wildman–Crippen LogP) is 1.05. The third kappa shape index (κ3) is 2.03. The molecule has 1 unspecified atom stereocenters. The highest BCUT2D eigenvalue weighted by atomic mass is 19.2. The number of pyridine rings is 1. The van der Waals surface area contributed by atoms with Crippen LogP contribution in [0.4, 0.5) is 8.78 Å². The van der Waals surface area contributed by atoms with E-state index < -0.39 is 35.2 Å². The molecular formula is C11H10F2N2O3. The van der Waals surface area contributed by atoms with Crippen LogP contribution in [0.1, 0.15) is 23.2 Å². The van der Waals surface area contributed by atoms with Gasteiger partial charge in [-0.2, -0.15) is 4.39 Å². The number of hydrogen-bond donors (Lipinski definition) is 1. The Morgan fingerprint density at radius 3 is 2.83 bits per heavy atom. The van der Waals surface area contributed by atoms with Gasteiger partial charge in [0.1, 0.15) is 6.04 Å². The van der Waals surface area contributed by atoms with E-state index in [9.17, 15) is 18.4 Å². The van der Waals surface area contributed by atoms with Crippen molar-refractivity contribution >= 4 is 11.9 Å². The van der Waals surface area contributed by atoms with E-state index in [4.69, 9.17) is 5.11 Å². The summed E-state index contributed by atoms with van der Waals surface area (Å²) in [5, 5.41) is 8.93. The van der Waals surface area contributed by atoms with Crippen LogP contribution in [0.3, 0.4) is 0 Å². The molecule has 5 nitrogen and oxygen atoms in total. The number of aromatic nitrogens is 1. The first-order chi connectivity index (χ1) is 8.52. The van der Waals surface area contributed by atoms with Crippen LogP contribution < -0.4 is 0 Å². The molecule has 0 aliphatic carbocycles. The van der Waals surface area contributed by atoms with Gasteiger partial charge in [0.05, 0.1) is 5.56 Å². The van der Waals surface area contributed by atoms with Crippen molar-refractivity contribution in [2.75, 3.05) is 6.54 Å². The first-order valence-electron chi connectivity index (χ1n) is 5.36. The summed E-state index contributed by atoms with van der Waals surface area (Å²) in [5.74, 6) is -4.68. The number of carbonyl (C=O) groups is 2. The molecule has 7 heteroatoms. The summed E-state index contributed by atoms with van der Waals surface area (Å²) < 4.78 is 26.3. The summed E-state index contributed by atoms with van der Waals surface area (Å²) in [6.45, 7) is 0.221. The molecular weight excluding hydrogens is 246 g/mol. The van der Waals surface area contributed by atoms with Crippen LogP contribution in [0, 0.1) is 11.8 Å². The van der Waals surface area contributed by atoms with Gasteiger partial charge in [-0.25, -0.2) is 14.2 Å². The zero-order valence-corrected chi connectivity index (χ0v) is 9.27. The standard InChI is InChI=1S/C11H10F2N2O3/c12-8-6(3-4-14-9(8)13)10(16)15-5-1-2-7(15)11(17)18/h3-4,7H,1-2,5H2,(H,17,18). The second-order valence-corrected chi connectivity index (χ2v) is 3.96. The van der Waals surface area contributed by atoms with Gasteiger partial charge in [-0.1, -0.05) is 0 Å². The Bertz CT molecular complexity index is 507. The van der Waals surface area contributed by atoms with Crippen molar-refractivity contribution < 1.29 is 23.5 Å². The second-order valence-electron chi connectivity index (χ2n) is 3.96. The minimum absolute atomic E-state index is 0.221. The topological polar surface area (TPSA) is 70.5 Å². The van der Waals surface area contributed by atoms with Crippen LogP contribution in [-0.4, -0.2) is 39.5 Å². The molecule has 2 heterocycles. The van der Waals surface area contributed by atoms with Crippen molar-refractivity contribution in [1.82, 2.24) is 9.88 Å². The summed E-state index contributed by atoms with van der Waals surface area (Å²) in [4.78, 5) is 27.0. The Morgan fingerprint density at radius 1 is 1.44 bits per heavy atom. The van der Waals surface area contributed by atoms with Gasteiger partial charge in [0, 0.05) is 12.7 Å². The van der Waals surface area contributed by atoms with E-state index in [1.807, 2.05) is 0 Å². The lowest BCUT2D eigenvalue weighted by atomic mass is 10.2. The van der Waals surface area contributed by atoms with Crippen molar-refractivity contribution in [2.45, 2.75) is 18.9 Å². The number of carboxylic acid groups (broad SMARTS) is 1.